The quantitative estimate of drug-likeness (QED) is 0.784. The van der Waals surface area contributed by atoms with Crippen LogP contribution in [0.3, 0.4) is 0 Å². The highest BCUT2D eigenvalue weighted by molar-refractivity contribution is 5.97. The molecule has 2 aromatic carbocycles. The van der Waals surface area contributed by atoms with Gasteiger partial charge in [-0.15, -0.1) is 0 Å². The van der Waals surface area contributed by atoms with Crippen molar-refractivity contribution in [3.63, 3.8) is 0 Å². The lowest BCUT2D eigenvalue weighted by Gasteiger charge is -2.06. The molecular formula is C16H15FO2. The minimum atomic E-state index is -0.430. The molecule has 0 aromatic heterocycles. The molecule has 0 aliphatic carbocycles. The number of hydrogen-bond acceptors (Lipinski definition) is 2. The Labute approximate surface area is 111 Å². The average molecular weight is 258 g/mol. The summed E-state index contributed by atoms with van der Waals surface area (Å²) in [6.45, 7) is 1.65. The van der Waals surface area contributed by atoms with Gasteiger partial charge < -0.3 is 4.74 Å². The van der Waals surface area contributed by atoms with Crippen LogP contribution in [0.25, 0.3) is 0 Å². The number of carbonyl (C=O) groups is 1. The second kappa shape index (κ2) is 5.65. The number of methoxy groups -OCH3 is 1. The number of halogens is 1. The molecule has 0 saturated heterocycles. The summed E-state index contributed by atoms with van der Waals surface area (Å²) in [5, 5.41) is 0. The third kappa shape index (κ3) is 2.99. The van der Waals surface area contributed by atoms with Gasteiger partial charge in [0.2, 0.25) is 0 Å². The lowest BCUT2D eigenvalue weighted by molar-refractivity contribution is 0.0989. The van der Waals surface area contributed by atoms with Crippen LogP contribution in [0.2, 0.25) is 0 Å². The van der Waals surface area contributed by atoms with Crippen molar-refractivity contribution in [2.75, 3.05) is 7.11 Å². The van der Waals surface area contributed by atoms with Crippen molar-refractivity contribution >= 4 is 5.78 Å². The van der Waals surface area contributed by atoms with Gasteiger partial charge in [-0.2, -0.15) is 0 Å². The zero-order valence-electron chi connectivity index (χ0n) is 10.9. The van der Waals surface area contributed by atoms with E-state index in [4.69, 9.17) is 4.74 Å². The van der Waals surface area contributed by atoms with Crippen molar-refractivity contribution in [3.05, 3.63) is 65.0 Å². The predicted molar refractivity (Wildman–Crippen MR) is 72.2 cm³/mol. The van der Waals surface area contributed by atoms with E-state index in [1.165, 1.54) is 6.07 Å². The molecule has 19 heavy (non-hydrogen) atoms. The second-order valence-corrected chi connectivity index (χ2v) is 4.38. The van der Waals surface area contributed by atoms with Crippen LogP contribution in [0.5, 0.6) is 5.75 Å². The van der Waals surface area contributed by atoms with E-state index in [-0.39, 0.29) is 17.8 Å². The van der Waals surface area contributed by atoms with Crippen molar-refractivity contribution in [2.45, 2.75) is 13.3 Å². The Balaban J connectivity index is 2.18. The highest BCUT2D eigenvalue weighted by Crippen LogP contribution is 2.16. The van der Waals surface area contributed by atoms with Gasteiger partial charge in [-0.05, 0) is 36.2 Å². The Morgan fingerprint density at radius 2 is 1.84 bits per heavy atom. The van der Waals surface area contributed by atoms with Crippen LogP contribution >= 0.6 is 0 Å². The van der Waals surface area contributed by atoms with E-state index < -0.39 is 5.82 Å². The Bertz CT molecular complexity index is 588. The first-order chi connectivity index (χ1) is 9.11. The summed E-state index contributed by atoms with van der Waals surface area (Å²) in [6, 6.07) is 12.1. The van der Waals surface area contributed by atoms with Gasteiger partial charge in [0.15, 0.2) is 5.78 Å². The SMILES string of the molecule is COc1ccc(CC(=O)c2cccc(C)c2F)cc1. The first-order valence-corrected chi connectivity index (χ1v) is 6.03. The van der Waals surface area contributed by atoms with E-state index in [0.29, 0.717) is 5.56 Å². The van der Waals surface area contributed by atoms with Crippen LogP contribution in [0.1, 0.15) is 21.5 Å². The third-order valence-corrected chi connectivity index (χ3v) is 3.02. The summed E-state index contributed by atoms with van der Waals surface area (Å²) in [5.74, 6) is 0.0883. The molecular weight excluding hydrogens is 243 g/mol. The molecule has 0 unspecified atom stereocenters. The van der Waals surface area contributed by atoms with Crippen molar-refractivity contribution in [2.24, 2.45) is 0 Å². The number of carbonyl (C=O) groups excluding carboxylic acids is 1. The molecule has 2 rings (SSSR count). The Hall–Kier alpha value is -2.16. The van der Waals surface area contributed by atoms with Gasteiger partial charge in [0.25, 0.3) is 0 Å². The molecule has 0 aliphatic rings. The Morgan fingerprint density at radius 3 is 2.47 bits per heavy atom. The molecule has 0 fully saturated rings. The second-order valence-electron chi connectivity index (χ2n) is 4.38. The number of aryl methyl sites for hydroxylation is 1. The van der Waals surface area contributed by atoms with Crippen molar-refractivity contribution in [3.8, 4) is 5.75 Å². The lowest BCUT2D eigenvalue weighted by Crippen LogP contribution is -2.07. The van der Waals surface area contributed by atoms with Crippen LogP contribution in [0.15, 0.2) is 42.5 Å². The maximum atomic E-state index is 13.8. The minimum Gasteiger partial charge on any atom is -0.497 e. The normalized spacial score (nSPS) is 10.3. The molecule has 0 bridgehead atoms. The molecule has 0 saturated carbocycles. The maximum Gasteiger partial charge on any atom is 0.170 e. The summed E-state index contributed by atoms with van der Waals surface area (Å²) in [6.07, 6.45) is 0.185. The van der Waals surface area contributed by atoms with Crippen molar-refractivity contribution in [1.29, 1.82) is 0 Å². The van der Waals surface area contributed by atoms with E-state index in [1.807, 2.05) is 12.1 Å². The number of ether oxygens (including phenoxy) is 1. The van der Waals surface area contributed by atoms with Gasteiger partial charge in [0, 0.05) is 6.42 Å². The molecule has 2 nitrogen and oxygen atoms in total. The highest BCUT2D eigenvalue weighted by Gasteiger charge is 2.13. The number of ketones is 1. The summed E-state index contributed by atoms with van der Waals surface area (Å²) in [4.78, 5) is 12.1. The standard InChI is InChI=1S/C16H15FO2/c1-11-4-3-5-14(16(11)17)15(18)10-12-6-8-13(19-2)9-7-12/h3-9H,10H2,1-2H3. The van der Waals surface area contributed by atoms with Gasteiger partial charge in [-0.3, -0.25) is 4.79 Å². The molecule has 0 atom stereocenters. The predicted octanol–water partition coefficient (Wildman–Crippen LogP) is 3.57. The number of hydrogen-bond donors (Lipinski definition) is 0. The lowest BCUT2D eigenvalue weighted by atomic mass is 10.0. The smallest absolute Gasteiger partial charge is 0.170 e. The topological polar surface area (TPSA) is 26.3 Å². The maximum absolute atomic E-state index is 13.8. The van der Waals surface area contributed by atoms with E-state index in [0.717, 1.165) is 11.3 Å². The zero-order chi connectivity index (χ0) is 13.8. The summed E-state index contributed by atoms with van der Waals surface area (Å²) >= 11 is 0. The minimum absolute atomic E-state index is 0.149. The third-order valence-electron chi connectivity index (χ3n) is 3.02. The van der Waals surface area contributed by atoms with E-state index in [9.17, 15) is 9.18 Å². The monoisotopic (exact) mass is 258 g/mol. The van der Waals surface area contributed by atoms with Crippen LogP contribution in [0.4, 0.5) is 4.39 Å². The van der Waals surface area contributed by atoms with Gasteiger partial charge in [0.05, 0.1) is 12.7 Å². The fourth-order valence-electron chi connectivity index (χ4n) is 1.89. The first-order valence-electron chi connectivity index (χ1n) is 6.03. The molecule has 0 heterocycles. The number of benzene rings is 2. The van der Waals surface area contributed by atoms with Crippen molar-refractivity contribution < 1.29 is 13.9 Å². The molecule has 3 heteroatoms. The largest absolute Gasteiger partial charge is 0.497 e. The molecule has 0 N–H and O–H groups in total. The van der Waals surface area contributed by atoms with E-state index >= 15 is 0 Å². The summed E-state index contributed by atoms with van der Waals surface area (Å²) < 4.78 is 18.9. The zero-order valence-corrected chi connectivity index (χ0v) is 10.9. The molecule has 0 radical (unpaired) electrons. The van der Waals surface area contributed by atoms with Crippen molar-refractivity contribution in [1.82, 2.24) is 0 Å². The van der Waals surface area contributed by atoms with E-state index in [1.54, 1.807) is 38.3 Å². The van der Waals surface area contributed by atoms with Gasteiger partial charge in [-0.1, -0.05) is 24.3 Å². The van der Waals surface area contributed by atoms with E-state index in [2.05, 4.69) is 0 Å². The van der Waals surface area contributed by atoms with Crippen LogP contribution in [-0.4, -0.2) is 12.9 Å². The van der Waals surface area contributed by atoms with Crippen LogP contribution in [-0.2, 0) is 6.42 Å². The van der Waals surface area contributed by atoms with Gasteiger partial charge in [0.1, 0.15) is 11.6 Å². The summed E-state index contributed by atoms with van der Waals surface area (Å²) in [7, 11) is 1.59. The van der Waals surface area contributed by atoms with Gasteiger partial charge >= 0.3 is 0 Å². The van der Waals surface area contributed by atoms with Gasteiger partial charge in [-0.25, -0.2) is 4.39 Å². The fourth-order valence-corrected chi connectivity index (χ4v) is 1.89. The van der Waals surface area contributed by atoms with Crippen LogP contribution in [0, 0.1) is 12.7 Å². The first kappa shape index (κ1) is 13.3. The molecule has 0 spiro atoms. The fraction of sp³-hybridized carbons (Fsp3) is 0.188. The molecule has 0 aliphatic heterocycles. The number of rotatable bonds is 4. The Morgan fingerprint density at radius 1 is 1.16 bits per heavy atom. The summed E-state index contributed by atoms with van der Waals surface area (Å²) in [5.41, 5.74) is 1.48. The molecule has 2 aromatic rings. The molecule has 98 valence electrons. The number of Topliss-reactive ketones (excluding diaryl/α,β-unsaturated/α-hetero) is 1. The van der Waals surface area contributed by atoms with Crippen LogP contribution < -0.4 is 4.74 Å². The Kier molecular flexibility index (Phi) is 3.95. The molecule has 0 amide bonds. The highest BCUT2D eigenvalue weighted by atomic mass is 19.1. The average Bonchev–Trinajstić information content (AvgIpc) is 2.42.